The molecule has 1 amide bonds. The quantitative estimate of drug-likeness (QED) is 0.717. The van der Waals surface area contributed by atoms with Gasteiger partial charge in [0.05, 0.1) is 5.41 Å². The molecule has 0 aromatic rings. The molecule has 92 valence electrons. The Hall–Kier alpha value is -0.610. The largest absolute Gasteiger partial charge is 0.369 e. The molecule has 1 aliphatic carbocycles. The van der Waals surface area contributed by atoms with Gasteiger partial charge in [0, 0.05) is 18.6 Å². The van der Waals surface area contributed by atoms with Gasteiger partial charge >= 0.3 is 0 Å². The molecule has 2 rings (SSSR count). The van der Waals surface area contributed by atoms with Crippen LogP contribution in [0, 0.1) is 5.41 Å². The molecular weight excluding hydrogens is 202 g/mol. The highest BCUT2D eigenvalue weighted by Crippen LogP contribution is 2.34. The van der Waals surface area contributed by atoms with Gasteiger partial charge < -0.3 is 11.5 Å². The fraction of sp³-hybridized carbons (Fsp3) is 0.917. The maximum atomic E-state index is 11.4. The van der Waals surface area contributed by atoms with Gasteiger partial charge in [0.25, 0.3) is 0 Å². The predicted octanol–water partition coefficient (Wildman–Crippen LogP) is 0.454. The summed E-state index contributed by atoms with van der Waals surface area (Å²) >= 11 is 0. The summed E-state index contributed by atoms with van der Waals surface area (Å²) in [4.78, 5) is 13.8. The molecular formula is C12H23N3O. The summed E-state index contributed by atoms with van der Waals surface area (Å²) in [7, 11) is 0. The molecule has 0 radical (unpaired) electrons. The molecule has 0 spiro atoms. The van der Waals surface area contributed by atoms with Crippen molar-refractivity contribution in [2.45, 2.75) is 51.1 Å². The van der Waals surface area contributed by atoms with Crippen molar-refractivity contribution in [2.75, 3.05) is 13.1 Å². The Balaban J connectivity index is 2.00. The van der Waals surface area contributed by atoms with E-state index >= 15 is 0 Å². The van der Waals surface area contributed by atoms with E-state index in [1.165, 1.54) is 19.3 Å². The van der Waals surface area contributed by atoms with Gasteiger partial charge in [-0.05, 0) is 32.7 Å². The molecule has 0 aromatic carbocycles. The van der Waals surface area contributed by atoms with Gasteiger partial charge in [0.2, 0.25) is 5.91 Å². The molecule has 0 bridgehead atoms. The van der Waals surface area contributed by atoms with Crippen LogP contribution < -0.4 is 11.5 Å². The van der Waals surface area contributed by atoms with Crippen LogP contribution in [0.1, 0.15) is 39.0 Å². The molecule has 4 N–H and O–H groups in total. The summed E-state index contributed by atoms with van der Waals surface area (Å²) < 4.78 is 0. The minimum Gasteiger partial charge on any atom is -0.369 e. The number of primary amides is 1. The van der Waals surface area contributed by atoms with Crippen molar-refractivity contribution in [3.05, 3.63) is 0 Å². The Bertz CT molecular complexity index is 281. The molecule has 1 saturated carbocycles. The maximum Gasteiger partial charge on any atom is 0.224 e. The summed E-state index contributed by atoms with van der Waals surface area (Å²) in [5.74, 6) is -0.167. The van der Waals surface area contributed by atoms with Crippen molar-refractivity contribution in [3.8, 4) is 0 Å². The van der Waals surface area contributed by atoms with Crippen LogP contribution in [0.15, 0.2) is 0 Å². The monoisotopic (exact) mass is 225 g/mol. The number of nitrogens with zero attached hydrogens (tertiary/aromatic N) is 1. The standard InChI is InChI=1S/C12H23N3O/c1-12(11(14)16)6-7-15(8-12)10-5-3-2-4-9(10)13/h9-10H,2-8,13H2,1H3,(H2,14,16). The van der Waals surface area contributed by atoms with Crippen molar-refractivity contribution in [1.29, 1.82) is 0 Å². The van der Waals surface area contributed by atoms with Crippen molar-refractivity contribution in [3.63, 3.8) is 0 Å². The summed E-state index contributed by atoms with van der Waals surface area (Å²) in [6.07, 6.45) is 5.69. The van der Waals surface area contributed by atoms with Crippen molar-refractivity contribution < 1.29 is 4.79 Å². The second-order valence-electron chi connectivity index (χ2n) is 5.66. The zero-order chi connectivity index (χ0) is 11.8. The molecule has 3 unspecified atom stereocenters. The first kappa shape index (κ1) is 11.9. The summed E-state index contributed by atoms with van der Waals surface area (Å²) in [6.45, 7) is 3.74. The molecule has 3 atom stereocenters. The van der Waals surface area contributed by atoms with Gasteiger partial charge in [-0.1, -0.05) is 12.8 Å². The molecule has 2 fully saturated rings. The predicted molar refractivity (Wildman–Crippen MR) is 63.7 cm³/mol. The van der Waals surface area contributed by atoms with E-state index in [1.54, 1.807) is 0 Å². The number of hydrogen-bond acceptors (Lipinski definition) is 3. The SMILES string of the molecule is CC1(C(N)=O)CCN(C2CCCCC2N)C1. The average Bonchev–Trinajstić information content (AvgIpc) is 2.63. The van der Waals surface area contributed by atoms with Crippen LogP contribution >= 0.6 is 0 Å². The Kier molecular flexibility index (Phi) is 3.22. The molecule has 0 aromatic heterocycles. The van der Waals surface area contributed by atoms with Gasteiger partial charge in [0.1, 0.15) is 0 Å². The zero-order valence-electron chi connectivity index (χ0n) is 10.1. The second kappa shape index (κ2) is 4.34. The minimum absolute atomic E-state index is 0.167. The van der Waals surface area contributed by atoms with Gasteiger partial charge in [-0.2, -0.15) is 0 Å². The maximum absolute atomic E-state index is 11.4. The number of amides is 1. The molecule has 1 saturated heterocycles. The van der Waals surface area contributed by atoms with Gasteiger partial charge in [0.15, 0.2) is 0 Å². The number of carbonyl (C=O) groups is 1. The third-order valence-electron chi connectivity index (χ3n) is 4.35. The lowest BCUT2D eigenvalue weighted by atomic mass is 9.88. The van der Waals surface area contributed by atoms with Gasteiger partial charge in [-0.25, -0.2) is 0 Å². The average molecular weight is 225 g/mol. The molecule has 4 nitrogen and oxygen atoms in total. The fourth-order valence-electron chi connectivity index (χ4n) is 3.07. The highest BCUT2D eigenvalue weighted by molar-refractivity contribution is 5.81. The van der Waals surface area contributed by atoms with Crippen molar-refractivity contribution >= 4 is 5.91 Å². The number of rotatable bonds is 2. The first-order chi connectivity index (χ1) is 7.53. The Morgan fingerprint density at radius 1 is 1.38 bits per heavy atom. The number of carbonyl (C=O) groups excluding carboxylic acids is 1. The Morgan fingerprint density at radius 2 is 2.06 bits per heavy atom. The van der Waals surface area contributed by atoms with E-state index in [0.717, 1.165) is 25.9 Å². The topological polar surface area (TPSA) is 72.4 Å². The van der Waals surface area contributed by atoms with Crippen LogP contribution in [0.25, 0.3) is 0 Å². The third-order valence-corrected chi connectivity index (χ3v) is 4.35. The lowest BCUT2D eigenvalue weighted by molar-refractivity contribution is -0.126. The molecule has 2 aliphatic rings. The van der Waals surface area contributed by atoms with Crippen molar-refractivity contribution in [2.24, 2.45) is 16.9 Å². The molecule has 4 heteroatoms. The van der Waals surface area contributed by atoms with Crippen LogP contribution in [-0.4, -0.2) is 36.0 Å². The highest BCUT2D eigenvalue weighted by Gasteiger charge is 2.42. The van der Waals surface area contributed by atoms with Gasteiger partial charge in [-0.3, -0.25) is 9.69 Å². The Labute approximate surface area is 97.3 Å². The van der Waals surface area contributed by atoms with E-state index in [0.29, 0.717) is 6.04 Å². The van der Waals surface area contributed by atoms with Crippen LogP contribution in [0.3, 0.4) is 0 Å². The molecule has 1 aliphatic heterocycles. The number of likely N-dealkylation sites (tertiary alicyclic amines) is 1. The summed E-state index contributed by atoms with van der Waals surface area (Å²) in [5.41, 5.74) is 11.3. The fourth-order valence-corrected chi connectivity index (χ4v) is 3.07. The first-order valence-corrected chi connectivity index (χ1v) is 6.32. The second-order valence-corrected chi connectivity index (χ2v) is 5.66. The van der Waals surface area contributed by atoms with Crippen LogP contribution in [0.5, 0.6) is 0 Å². The van der Waals surface area contributed by atoms with Crippen molar-refractivity contribution in [1.82, 2.24) is 4.90 Å². The summed E-state index contributed by atoms with van der Waals surface area (Å²) in [5, 5.41) is 0. The molecule has 1 heterocycles. The van der Waals surface area contributed by atoms with E-state index < -0.39 is 0 Å². The highest BCUT2D eigenvalue weighted by atomic mass is 16.1. The zero-order valence-corrected chi connectivity index (χ0v) is 10.1. The lowest BCUT2D eigenvalue weighted by Gasteiger charge is -2.36. The van der Waals surface area contributed by atoms with E-state index in [2.05, 4.69) is 4.90 Å². The Morgan fingerprint density at radius 3 is 2.62 bits per heavy atom. The number of nitrogens with two attached hydrogens (primary N) is 2. The van der Waals surface area contributed by atoms with Crippen LogP contribution in [0.2, 0.25) is 0 Å². The van der Waals surface area contributed by atoms with Crippen LogP contribution in [0.4, 0.5) is 0 Å². The van der Waals surface area contributed by atoms with Gasteiger partial charge in [-0.15, -0.1) is 0 Å². The summed E-state index contributed by atoms with van der Waals surface area (Å²) in [6, 6.07) is 0.749. The van der Waals surface area contributed by atoms with E-state index in [1.807, 2.05) is 6.92 Å². The minimum atomic E-state index is -0.336. The lowest BCUT2D eigenvalue weighted by Crippen LogP contribution is -2.50. The number of hydrogen-bond donors (Lipinski definition) is 2. The third kappa shape index (κ3) is 2.09. The normalized spacial score (nSPS) is 41.1. The van der Waals surface area contributed by atoms with E-state index in [-0.39, 0.29) is 17.4 Å². The van der Waals surface area contributed by atoms with E-state index in [9.17, 15) is 4.79 Å². The molecule has 16 heavy (non-hydrogen) atoms. The smallest absolute Gasteiger partial charge is 0.224 e. The van der Waals surface area contributed by atoms with E-state index in [4.69, 9.17) is 11.5 Å². The first-order valence-electron chi connectivity index (χ1n) is 6.32. The van der Waals surface area contributed by atoms with Crippen LogP contribution in [-0.2, 0) is 4.79 Å².